The van der Waals surface area contributed by atoms with Gasteiger partial charge in [0.1, 0.15) is 4.90 Å². The van der Waals surface area contributed by atoms with Crippen LogP contribution < -0.4 is 4.31 Å². The van der Waals surface area contributed by atoms with Crippen LogP contribution >= 0.6 is 11.9 Å². The number of nitro benzene ring substituents is 3. The summed E-state index contributed by atoms with van der Waals surface area (Å²) in [6.45, 7) is 3.85. The molecule has 4 aromatic carbocycles. The summed E-state index contributed by atoms with van der Waals surface area (Å²) in [5.74, 6) is 0.343. The second-order valence-corrected chi connectivity index (χ2v) is 9.45. The Bertz CT molecular complexity index is 1570. The molecule has 39 heavy (non-hydrogen) atoms. The first kappa shape index (κ1) is 26.9. The summed E-state index contributed by atoms with van der Waals surface area (Å²) in [5, 5.41) is 34.4. The SMILES string of the molecule is Cc1ccc(N=C(c2ccc([N+](=O)[O-])cc2)N(Sc2ccc([N+](=O)[O-])cc2[N+](=O)[O-])c2ccc(C)cc2)cc1. The third kappa shape index (κ3) is 6.43. The number of amidine groups is 1. The first-order valence-corrected chi connectivity index (χ1v) is 12.3. The number of anilines is 1. The fourth-order valence-electron chi connectivity index (χ4n) is 3.54. The number of aliphatic imine (C=N–C) groups is 1. The summed E-state index contributed by atoms with van der Waals surface area (Å²) in [4.78, 5) is 37.5. The fourth-order valence-corrected chi connectivity index (χ4v) is 4.55. The van der Waals surface area contributed by atoms with Crippen LogP contribution in [0.5, 0.6) is 0 Å². The summed E-state index contributed by atoms with van der Waals surface area (Å²) in [7, 11) is 0. The molecule has 0 N–H and O–H groups in total. The molecule has 0 aliphatic rings. The van der Waals surface area contributed by atoms with Crippen molar-refractivity contribution in [2.45, 2.75) is 18.7 Å². The van der Waals surface area contributed by atoms with Gasteiger partial charge in [0, 0.05) is 35.7 Å². The zero-order valence-electron chi connectivity index (χ0n) is 20.8. The third-order valence-corrected chi connectivity index (χ3v) is 6.71. The van der Waals surface area contributed by atoms with Crippen molar-refractivity contribution < 1.29 is 14.8 Å². The van der Waals surface area contributed by atoms with Gasteiger partial charge in [0.25, 0.3) is 17.1 Å². The topological polar surface area (TPSA) is 145 Å². The maximum Gasteiger partial charge on any atom is 0.291 e. The molecule has 0 radical (unpaired) electrons. The van der Waals surface area contributed by atoms with Crippen LogP contribution in [0.4, 0.5) is 28.4 Å². The third-order valence-electron chi connectivity index (χ3n) is 5.61. The second kappa shape index (κ2) is 11.5. The highest BCUT2D eigenvalue weighted by Crippen LogP contribution is 2.38. The van der Waals surface area contributed by atoms with Crippen molar-refractivity contribution in [1.29, 1.82) is 0 Å². The molecule has 0 aromatic heterocycles. The van der Waals surface area contributed by atoms with Crippen molar-refractivity contribution in [1.82, 2.24) is 0 Å². The van der Waals surface area contributed by atoms with Gasteiger partial charge in [-0.05, 0) is 56.3 Å². The average Bonchev–Trinajstić information content (AvgIpc) is 2.92. The molecule has 11 nitrogen and oxygen atoms in total. The largest absolute Gasteiger partial charge is 0.291 e. The lowest BCUT2D eigenvalue weighted by Crippen LogP contribution is -2.25. The number of aryl methyl sites for hydroxylation is 2. The zero-order valence-corrected chi connectivity index (χ0v) is 21.6. The Morgan fingerprint density at radius 3 is 1.77 bits per heavy atom. The first-order chi connectivity index (χ1) is 18.6. The molecular formula is C27H21N5O6S. The van der Waals surface area contributed by atoms with Crippen molar-refractivity contribution in [2.75, 3.05) is 4.31 Å². The molecule has 196 valence electrons. The number of non-ortho nitro benzene ring substituents is 2. The molecule has 0 unspecified atom stereocenters. The molecule has 4 aromatic rings. The molecule has 0 aliphatic carbocycles. The molecule has 0 saturated heterocycles. The van der Waals surface area contributed by atoms with Crippen LogP contribution in [0.25, 0.3) is 0 Å². The van der Waals surface area contributed by atoms with Crippen LogP contribution in [0.15, 0.2) is 101 Å². The van der Waals surface area contributed by atoms with E-state index < -0.39 is 26.1 Å². The van der Waals surface area contributed by atoms with Gasteiger partial charge < -0.3 is 0 Å². The van der Waals surface area contributed by atoms with Crippen molar-refractivity contribution in [3.8, 4) is 0 Å². The van der Waals surface area contributed by atoms with E-state index in [0.717, 1.165) is 29.1 Å². The maximum absolute atomic E-state index is 11.9. The molecule has 0 spiro atoms. The highest BCUT2D eigenvalue weighted by molar-refractivity contribution is 8.01. The van der Waals surface area contributed by atoms with Gasteiger partial charge in [0.2, 0.25) is 0 Å². The molecule has 0 amide bonds. The minimum absolute atomic E-state index is 0.103. The van der Waals surface area contributed by atoms with Crippen molar-refractivity contribution in [2.24, 2.45) is 4.99 Å². The van der Waals surface area contributed by atoms with E-state index in [2.05, 4.69) is 0 Å². The summed E-state index contributed by atoms with van der Waals surface area (Å²) < 4.78 is 1.66. The Morgan fingerprint density at radius 2 is 1.23 bits per heavy atom. The van der Waals surface area contributed by atoms with Gasteiger partial charge in [0.15, 0.2) is 5.84 Å². The van der Waals surface area contributed by atoms with E-state index in [9.17, 15) is 30.3 Å². The number of rotatable bonds is 8. The van der Waals surface area contributed by atoms with Gasteiger partial charge in [-0.15, -0.1) is 0 Å². The van der Waals surface area contributed by atoms with Crippen molar-refractivity contribution in [3.05, 3.63) is 138 Å². The highest BCUT2D eigenvalue weighted by Gasteiger charge is 2.26. The predicted octanol–water partition coefficient (Wildman–Crippen LogP) is 7.32. The smallest absolute Gasteiger partial charge is 0.263 e. The van der Waals surface area contributed by atoms with E-state index in [1.165, 1.54) is 24.3 Å². The van der Waals surface area contributed by atoms with Crippen LogP contribution in [0, 0.1) is 44.2 Å². The lowest BCUT2D eigenvalue weighted by atomic mass is 10.1. The summed E-state index contributed by atoms with van der Waals surface area (Å²) in [6, 6.07) is 24.0. The number of benzene rings is 4. The van der Waals surface area contributed by atoms with E-state index >= 15 is 0 Å². The standard InChI is InChI=1S/C27H21N5O6S/c1-18-3-9-21(10-4-18)28-27(20-7-13-23(14-8-20)30(33)34)29(22-11-5-19(2)6-12-22)39-26-16-15-24(31(35)36)17-25(26)32(37)38/h3-17H,1-2H3. The molecule has 12 heteroatoms. The molecule has 0 heterocycles. The Kier molecular flexibility index (Phi) is 7.96. The monoisotopic (exact) mass is 543 g/mol. The second-order valence-electron chi connectivity index (χ2n) is 8.46. The molecular weight excluding hydrogens is 522 g/mol. The minimum atomic E-state index is -0.694. The number of hydrogen-bond acceptors (Lipinski definition) is 8. The maximum atomic E-state index is 11.9. The molecule has 0 atom stereocenters. The Morgan fingerprint density at radius 1 is 0.692 bits per heavy atom. The normalized spacial score (nSPS) is 11.2. The zero-order chi connectivity index (χ0) is 28.1. The van der Waals surface area contributed by atoms with Crippen LogP contribution in [0.1, 0.15) is 16.7 Å². The summed E-state index contributed by atoms with van der Waals surface area (Å²) in [6.07, 6.45) is 0. The van der Waals surface area contributed by atoms with Gasteiger partial charge in [-0.3, -0.25) is 34.6 Å². The lowest BCUT2D eigenvalue weighted by Gasteiger charge is -2.25. The Balaban J connectivity index is 1.92. The van der Waals surface area contributed by atoms with Gasteiger partial charge in [-0.25, -0.2) is 4.99 Å². The van der Waals surface area contributed by atoms with Crippen LogP contribution in [0.2, 0.25) is 0 Å². The first-order valence-electron chi connectivity index (χ1n) is 11.5. The van der Waals surface area contributed by atoms with Gasteiger partial charge in [-0.2, -0.15) is 0 Å². The predicted molar refractivity (Wildman–Crippen MR) is 150 cm³/mol. The molecule has 0 bridgehead atoms. The summed E-state index contributed by atoms with van der Waals surface area (Å²) in [5.41, 5.74) is 2.77. The number of nitrogens with zero attached hydrogens (tertiary/aromatic N) is 5. The molecule has 0 saturated carbocycles. The number of hydrogen-bond donors (Lipinski definition) is 0. The van der Waals surface area contributed by atoms with E-state index in [4.69, 9.17) is 4.99 Å². The molecule has 0 aliphatic heterocycles. The van der Waals surface area contributed by atoms with Gasteiger partial charge in [-0.1, -0.05) is 35.4 Å². The van der Waals surface area contributed by atoms with E-state index in [1.54, 1.807) is 16.4 Å². The van der Waals surface area contributed by atoms with Crippen LogP contribution in [-0.4, -0.2) is 20.6 Å². The van der Waals surface area contributed by atoms with E-state index in [1.807, 2.05) is 62.4 Å². The highest BCUT2D eigenvalue weighted by atomic mass is 32.2. The lowest BCUT2D eigenvalue weighted by molar-refractivity contribution is -0.396. The molecule has 0 fully saturated rings. The van der Waals surface area contributed by atoms with Crippen LogP contribution in [0.3, 0.4) is 0 Å². The van der Waals surface area contributed by atoms with Crippen molar-refractivity contribution >= 4 is 46.2 Å². The van der Waals surface area contributed by atoms with Gasteiger partial charge >= 0.3 is 0 Å². The van der Waals surface area contributed by atoms with Crippen molar-refractivity contribution in [3.63, 3.8) is 0 Å². The van der Waals surface area contributed by atoms with E-state index in [-0.39, 0.29) is 10.6 Å². The van der Waals surface area contributed by atoms with E-state index in [0.29, 0.717) is 22.8 Å². The summed E-state index contributed by atoms with van der Waals surface area (Å²) >= 11 is 0.963. The minimum Gasteiger partial charge on any atom is -0.263 e. The van der Waals surface area contributed by atoms with Gasteiger partial charge in [0.05, 0.1) is 32.2 Å². The van der Waals surface area contributed by atoms with Crippen LogP contribution in [-0.2, 0) is 0 Å². The number of nitro groups is 3. The Hall–Kier alpha value is -5.10. The fraction of sp³-hybridized carbons (Fsp3) is 0.0741. The average molecular weight is 544 g/mol. The Labute approximate surface area is 227 Å². The molecule has 4 rings (SSSR count). The quantitative estimate of drug-likeness (QED) is 0.0738.